The molecule has 0 aliphatic heterocycles. The van der Waals surface area contributed by atoms with E-state index in [-0.39, 0.29) is 30.0 Å². The normalized spacial score (nSPS) is 10.6. The van der Waals surface area contributed by atoms with Gasteiger partial charge < -0.3 is 15.5 Å². The predicted octanol–water partition coefficient (Wildman–Crippen LogP) is 3.83. The average Bonchev–Trinajstić information content (AvgIpc) is 3.14. The monoisotopic (exact) mass is 442 g/mol. The van der Waals surface area contributed by atoms with Crippen LogP contribution in [0.1, 0.15) is 13.8 Å². The maximum absolute atomic E-state index is 12.6. The predicted molar refractivity (Wildman–Crippen MR) is 122 cm³/mol. The Kier molecular flexibility index (Phi) is 7.42. The van der Waals surface area contributed by atoms with Crippen LogP contribution in [0.4, 0.5) is 11.4 Å². The zero-order valence-corrected chi connectivity index (χ0v) is 18.3. The number of amides is 3. The highest BCUT2D eigenvalue weighted by Crippen LogP contribution is 2.29. The fourth-order valence-corrected chi connectivity index (χ4v) is 4.69. The van der Waals surface area contributed by atoms with Crippen LogP contribution in [0.2, 0.25) is 0 Å². The Morgan fingerprint density at radius 3 is 2.33 bits per heavy atom. The molecule has 30 heavy (non-hydrogen) atoms. The lowest BCUT2D eigenvalue weighted by Crippen LogP contribution is -2.38. The number of likely N-dealkylation sites (N-methyl/N-ethyl adjacent to an activating group) is 1. The van der Waals surface area contributed by atoms with Gasteiger partial charge in [-0.25, -0.2) is 4.98 Å². The van der Waals surface area contributed by atoms with Crippen LogP contribution < -0.4 is 10.6 Å². The Morgan fingerprint density at radius 2 is 1.70 bits per heavy atom. The van der Waals surface area contributed by atoms with E-state index in [0.717, 1.165) is 14.6 Å². The molecule has 3 aromatic rings. The van der Waals surface area contributed by atoms with E-state index < -0.39 is 0 Å². The summed E-state index contributed by atoms with van der Waals surface area (Å²) in [7, 11) is 0. The zero-order valence-electron chi connectivity index (χ0n) is 16.7. The van der Waals surface area contributed by atoms with Crippen LogP contribution in [0.25, 0.3) is 10.2 Å². The van der Waals surface area contributed by atoms with E-state index in [1.165, 1.54) is 23.6 Å². The van der Waals surface area contributed by atoms with Gasteiger partial charge in [-0.2, -0.15) is 0 Å². The van der Waals surface area contributed by atoms with Crippen LogP contribution in [0.15, 0.2) is 52.9 Å². The van der Waals surface area contributed by atoms with Gasteiger partial charge in [0.25, 0.3) is 0 Å². The molecule has 9 heteroatoms. The van der Waals surface area contributed by atoms with Crippen molar-refractivity contribution in [2.45, 2.75) is 18.2 Å². The number of hydrogen-bond acceptors (Lipinski definition) is 6. The van der Waals surface area contributed by atoms with Crippen molar-refractivity contribution in [1.29, 1.82) is 0 Å². The third-order valence-electron chi connectivity index (χ3n) is 4.15. The molecule has 0 bridgehead atoms. The van der Waals surface area contributed by atoms with Gasteiger partial charge in [-0.05, 0) is 43.3 Å². The first kappa shape index (κ1) is 21.8. The molecule has 0 atom stereocenters. The minimum atomic E-state index is -0.275. The van der Waals surface area contributed by atoms with Gasteiger partial charge in [0.1, 0.15) is 0 Å². The fourth-order valence-electron chi connectivity index (χ4n) is 2.72. The molecule has 3 amide bonds. The molecule has 3 rings (SSSR count). The summed E-state index contributed by atoms with van der Waals surface area (Å²) in [5.74, 6) is -0.320. The molecule has 0 saturated carbocycles. The molecule has 0 fully saturated rings. The molecule has 0 spiro atoms. The lowest BCUT2D eigenvalue weighted by atomic mass is 10.2. The summed E-state index contributed by atoms with van der Waals surface area (Å²) in [4.78, 5) is 42.0. The highest BCUT2D eigenvalue weighted by molar-refractivity contribution is 8.01. The van der Waals surface area contributed by atoms with Crippen molar-refractivity contribution >= 4 is 62.4 Å². The SMILES string of the molecule is CCN(CC(=O)Nc1ccc(NC(C)=O)cc1)C(=O)CSc1nc2ccccc2s1. The summed E-state index contributed by atoms with van der Waals surface area (Å²) in [6, 6.07) is 14.7. The first-order chi connectivity index (χ1) is 14.4. The van der Waals surface area contributed by atoms with Crippen LogP contribution in [-0.4, -0.2) is 46.4 Å². The lowest BCUT2D eigenvalue weighted by molar-refractivity contribution is -0.132. The summed E-state index contributed by atoms with van der Waals surface area (Å²) >= 11 is 2.94. The second-order valence-electron chi connectivity index (χ2n) is 6.45. The largest absolute Gasteiger partial charge is 0.333 e. The van der Waals surface area contributed by atoms with E-state index in [0.29, 0.717) is 17.9 Å². The van der Waals surface area contributed by atoms with Crippen molar-refractivity contribution < 1.29 is 14.4 Å². The second kappa shape index (κ2) is 10.2. The minimum Gasteiger partial charge on any atom is -0.333 e. The number of nitrogens with one attached hydrogen (secondary N) is 2. The zero-order chi connectivity index (χ0) is 21.5. The number of rotatable bonds is 8. The molecule has 1 heterocycles. The topological polar surface area (TPSA) is 91.4 Å². The number of anilines is 2. The molecular formula is C21H22N4O3S2. The quantitative estimate of drug-likeness (QED) is 0.517. The van der Waals surface area contributed by atoms with Crippen LogP contribution in [-0.2, 0) is 14.4 Å². The maximum Gasteiger partial charge on any atom is 0.243 e. The smallest absolute Gasteiger partial charge is 0.243 e. The molecule has 2 N–H and O–H groups in total. The Hall–Kier alpha value is -2.91. The van der Waals surface area contributed by atoms with Crippen molar-refractivity contribution in [3.8, 4) is 0 Å². The van der Waals surface area contributed by atoms with E-state index in [1.807, 2.05) is 31.2 Å². The number of carbonyl (C=O) groups is 3. The summed E-state index contributed by atoms with van der Waals surface area (Å²) in [5, 5.41) is 5.44. The van der Waals surface area contributed by atoms with E-state index in [9.17, 15) is 14.4 Å². The number of carbonyl (C=O) groups excluding carboxylic acids is 3. The van der Waals surface area contributed by atoms with E-state index >= 15 is 0 Å². The number of aromatic nitrogens is 1. The van der Waals surface area contributed by atoms with Gasteiger partial charge in [0.05, 0.1) is 22.5 Å². The molecule has 1 aromatic heterocycles. The summed E-state index contributed by atoms with van der Waals surface area (Å²) in [6.45, 7) is 3.69. The lowest BCUT2D eigenvalue weighted by Gasteiger charge is -2.20. The molecule has 0 aliphatic rings. The molecule has 0 unspecified atom stereocenters. The highest BCUT2D eigenvalue weighted by atomic mass is 32.2. The third kappa shape index (κ3) is 6.04. The Bertz CT molecular complexity index is 1020. The minimum absolute atomic E-state index is 0.0246. The average molecular weight is 443 g/mol. The van der Waals surface area contributed by atoms with Crippen LogP contribution in [0.5, 0.6) is 0 Å². The number of para-hydroxylation sites is 1. The third-order valence-corrected chi connectivity index (χ3v) is 6.32. The molecular weight excluding hydrogens is 420 g/mol. The van der Waals surface area contributed by atoms with E-state index in [2.05, 4.69) is 15.6 Å². The van der Waals surface area contributed by atoms with Crippen molar-refractivity contribution in [1.82, 2.24) is 9.88 Å². The van der Waals surface area contributed by atoms with Gasteiger partial charge in [0.2, 0.25) is 17.7 Å². The Morgan fingerprint density at radius 1 is 1.03 bits per heavy atom. The first-order valence-corrected chi connectivity index (χ1v) is 11.2. The number of thioether (sulfide) groups is 1. The summed E-state index contributed by atoms with van der Waals surface area (Å²) < 4.78 is 1.92. The van der Waals surface area contributed by atoms with Gasteiger partial charge >= 0.3 is 0 Å². The molecule has 2 aromatic carbocycles. The van der Waals surface area contributed by atoms with Crippen molar-refractivity contribution in [3.63, 3.8) is 0 Å². The van der Waals surface area contributed by atoms with Gasteiger partial charge in [0.15, 0.2) is 4.34 Å². The molecule has 0 aliphatic carbocycles. The summed E-state index contributed by atoms with van der Waals surface area (Å²) in [6.07, 6.45) is 0. The van der Waals surface area contributed by atoms with Crippen molar-refractivity contribution in [2.75, 3.05) is 29.5 Å². The molecule has 156 valence electrons. The van der Waals surface area contributed by atoms with E-state index in [1.54, 1.807) is 35.6 Å². The van der Waals surface area contributed by atoms with Crippen LogP contribution in [0.3, 0.4) is 0 Å². The van der Waals surface area contributed by atoms with Crippen LogP contribution in [0, 0.1) is 0 Å². The standard InChI is InChI=1S/C21H22N4O3S2/c1-3-25(12-19(27)23-16-10-8-15(9-11-16)22-14(2)26)20(28)13-29-21-24-17-6-4-5-7-18(17)30-21/h4-11H,3,12-13H2,1-2H3,(H,22,26)(H,23,27). The number of benzene rings is 2. The Balaban J connectivity index is 1.51. The van der Waals surface area contributed by atoms with Gasteiger partial charge in [0, 0.05) is 24.8 Å². The van der Waals surface area contributed by atoms with Gasteiger partial charge in [-0.1, -0.05) is 23.9 Å². The number of nitrogens with zero attached hydrogens (tertiary/aromatic N) is 2. The molecule has 0 saturated heterocycles. The van der Waals surface area contributed by atoms with Crippen molar-refractivity contribution in [3.05, 3.63) is 48.5 Å². The second-order valence-corrected chi connectivity index (χ2v) is 8.70. The molecule has 7 nitrogen and oxygen atoms in total. The van der Waals surface area contributed by atoms with E-state index in [4.69, 9.17) is 0 Å². The number of thiazole rings is 1. The summed E-state index contributed by atoms with van der Waals surface area (Å²) in [5.41, 5.74) is 2.17. The maximum atomic E-state index is 12.6. The highest BCUT2D eigenvalue weighted by Gasteiger charge is 2.17. The Labute approximate surface area is 182 Å². The van der Waals surface area contributed by atoms with Gasteiger partial charge in [-0.3, -0.25) is 14.4 Å². The van der Waals surface area contributed by atoms with Crippen molar-refractivity contribution in [2.24, 2.45) is 0 Å². The first-order valence-electron chi connectivity index (χ1n) is 9.38. The fraction of sp³-hybridized carbons (Fsp3) is 0.238. The number of fused-ring (bicyclic) bond motifs is 1. The van der Waals surface area contributed by atoms with Gasteiger partial charge in [-0.15, -0.1) is 11.3 Å². The number of hydrogen-bond donors (Lipinski definition) is 2. The van der Waals surface area contributed by atoms with Crippen LogP contribution >= 0.6 is 23.1 Å². The molecule has 0 radical (unpaired) electrons.